The highest BCUT2D eigenvalue weighted by molar-refractivity contribution is 5.84. The molecular formula is C25H24FN5O2. The van der Waals surface area contributed by atoms with Crippen LogP contribution in [-0.2, 0) is 17.9 Å². The van der Waals surface area contributed by atoms with Gasteiger partial charge in [0.2, 0.25) is 5.91 Å². The molecule has 168 valence electrons. The molecule has 7 nitrogen and oxygen atoms in total. The Balaban J connectivity index is 1.23. The van der Waals surface area contributed by atoms with Gasteiger partial charge in [0.25, 0.3) is 0 Å². The summed E-state index contributed by atoms with van der Waals surface area (Å²) in [5.74, 6) is 0.375. The van der Waals surface area contributed by atoms with Crippen LogP contribution >= 0.6 is 0 Å². The molecule has 0 aliphatic carbocycles. The molecule has 3 heterocycles. The molecule has 1 amide bonds. The van der Waals surface area contributed by atoms with E-state index in [-0.39, 0.29) is 23.8 Å². The zero-order valence-electron chi connectivity index (χ0n) is 18.1. The fraction of sp³-hybridized carbons (Fsp3) is 0.320. The van der Waals surface area contributed by atoms with E-state index in [9.17, 15) is 9.18 Å². The number of ether oxygens (including phenoxy) is 1. The van der Waals surface area contributed by atoms with Crippen molar-refractivity contribution < 1.29 is 13.9 Å². The minimum absolute atomic E-state index is 0.0373. The molecule has 2 unspecified atom stereocenters. The third-order valence-corrected chi connectivity index (χ3v) is 6.36. The van der Waals surface area contributed by atoms with Crippen LogP contribution in [0.3, 0.4) is 0 Å². The molecular weight excluding hydrogens is 421 g/mol. The second-order valence-electron chi connectivity index (χ2n) is 8.41. The van der Waals surface area contributed by atoms with Crippen molar-refractivity contribution in [1.82, 2.24) is 19.8 Å². The Morgan fingerprint density at radius 3 is 2.88 bits per heavy atom. The van der Waals surface area contributed by atoms with E-state index in [1.54, 1.807) is 30.7 Å². The molecule has 3 aromatic rings. The van der Waals surface area contributed by atoms with Gasteiger partial charge in [-0.2, -0.15) is 5.26 Å². The number of imidazole rings is 1. The zero-order valence-corrected chi connectivity index (χ0v) is 18.1. The first-order valence-electron chi connectivity index (χ1n) is 11.1. The van der Waals surface area contributed by atoms with Crippen LogP contribution in [0.15, 0.2) is 55.0 Å². The second kappa shape index (κ2) is 9.04. The SMILES string of the molecule is N#Cc1ccc(Cn2cncc2CNC2CCN(C3CCOc4ccc(F)cc43)C2=O)cc1. The number of nitrogens with zero attached hydrogens (tertiary/aromatic N) is 4. The predicted octanol–water partition coefficient (Wildman–Crippen LogP) is 3.16. The third kappa shape index (κ3) is 4.32. The molecule has 8 heteroatoms. The van der Waals surface area contributed by atoms with E-state index in [0.29, 0.717) is 50.4 Å². The molecule has 2 atom stereocenters. The Labute approximate surface area is 191 Å². The Kier molecular flexibility index (Phi) is 5.80. The summed E-state index contributed by atoms with van der Waals surface area (Å²) in [6.45, 7) is 2.29. The number of nitrogens with one attached hydrogen (secondary N) is 1. The zero-order chi connectivity index (χ0) is 22.8. The van der Waals surface area contributed by atoms with Crippen LogP contribution in [0.1, 0.15) is 41.3 Å². The van der Waals surface area contributed by atoms with Gasteiger partial charge in [-0.05, 0) is 42.3 Å². The normalized spacial score (nSPS) is 19.8. The van der Waals surface area contributed by atoms with Crippen LogP contribution in [0, 0.1) is 17.1 Å². The lowest BCUT2D eigenvalue weighted by molar-refractivity contribution is -0.132. The first-order chi connectivity index (χ1) is 16.1. The summed E-state index contributed by atoms with van der Waals surface area (Å²) in [7, 11) is 0. The van der Waals surface area contributed by atoms with E-state index in [0.717, 1.165) is 16.8 Å². The van der Waals surface area contributed by atoms with Crippen molar-refractivity contribution in [3.05, 3.63) is 83.2 Å². The quantitative estimate of drug-likeness (QED) is 0.630. The number of nitriles is 1. The number of fused-ring (bicyclic) bond motifs is 1. The summed E-state index contributed by atoms with van der Waals surface area (Å²) in [5.41, 5.74) is 3.42. The maximum atomic E-state index is 13.8. The molecule has 2 aliphatic rings. The summed E-state index contributed by atoms with van der Waals surface area (Å²) >= 11 is 0. The summed E-state index contributed by atoms with van der Waals surface area (Å²) in [6.07, 6.45) is 4.92. The van der Waals surface area contributed by atoms with Crippen molar-refractivity contribution in [2.45, 2.75) is 38.0 Å². The fourth-order valence-corrected chi connectivity index (χ4v) is 4.62. The molecule has 0 saturated carbocycles. The average molecular weight is 445 g/mol. The number of aromatic nitrogens is 2. The van der Waals surface area contributed by atoms with Crippen LogP contribution in [0.25, 0.3) is 0 Å². The number of amides is 1. The Morgan fingerprint density at radius 2 is 2.06 bits per heavy atom. The lowest BCUT2D eigenvalue weighted by Crippen LogP contribution is -2.40. The molecule has 0 radical (unpaired) electrons. The molecule has 1 saturated heterocycles. The van der Waals surface area contributed by atoms with Crippen LogP contribution in [0.5, 0.6) is 5.75 Å². The Bertz CT molecular complexity index is 1200. The lowest BCUT2D eigenvalue weighted by Gasteiger charge is -2.33. The van der Waals surface area contributed by atoms with Crippen molar-refractivity contribution in [2.75, 3.05) is 13.2 Å². The monoisotopic (exact) mass is 445 g/mol. The molecule has 0 spiro atoms. The average Bonchev–Trinajstić information content (AvgIpc) is 3.43. The fourth-order valence-electron chi connectivity index (χ4n) is 4.62. The van der Waals surface area contributed by atoms with Crippen LogP contribution in [0.2, 0.25) is 0 Å². The molecule has 2 aromatic carbocycles. The van der Waals surface area contributed by atoms with E-state index in [4.69, 9.17) is 10.00 Å². The van der Waals surface area contributed by atoms with Gasteiger partial charge in [-0.1, -0.05) is 12.1 Å². The first kappa shape index (κ1) is 21.2. The minimum Gasteiger partial charge on any atom is -0.493 e. The van der Waals surface area contributed by atoms with Gasteiger partial charge in [0.05, 0.1) is 42.3 Å². The number of carbonyl (C=O) groups excluding carboxylic acids is 1. The van der Waals surface area contributed by atoms with Crippen molar-refractivity contribution in [3.63, 3.8) is 0 Å². The third-order valence-electron chi connectivity index (χ3n) is 6.36. The molecule has 33 heavy (non-hydrogen) atoms. The van der Waals surface area contributed by atoms with Gasteiger partial charge in [-0.3, -0.25) is 4.79 Å². The number of hydrogen-bond donors (Lipinski definition) is 1. The number of carbonyl (C=O) groups is 1. The second-order valence-corrected chi connectivity index (χ2v) is 8.41. The van der Waals surface area contributed by atoms with Gasteiger partial charge < -0.3 is 19.5 Å². The number of likely N-dealkylation sites (tertiary alicyclic amines) is 1. The maximum absolute atomic E-state index is 13.8. The maximum Gasteiger partial charge on any atom is 0.240 e. The summed E-state index contributed by atoms with van der Waals surface area (Å²) in [4.78, 5) is 19.3. The predicted molar refractivity (Wildman–Crippen MR) is 119 cm³/mol. The van der Waals surface area contributed by atoms with Crippen molar-refractivity contribution in [3.8, 4) is 11.8 Å². The van der Waals surface area contributed by atoms with Gasteiger partial charge in [-0.25, -0.2) is 9.37 Å². The van der Waals surface area contributed by atoms with Gasteiger partial charge in [0.1, 0.15) is 11.6 Å². The molecule has 1 N–H and O–H groups in total. The highest BCUT2D eigenvalue weighted by Gasteiger charge is 2.38. The number of hydrogen-bond acceptors (Lipinski definition) is 5. The van der Waals surface area contributed by atoms with Crippen molar-refractivity contribution in [1.29, 1.82) is 5.26 Å². The van der Waals surface area contributed by atoms with Gasteiger partial charge in [-0.15, -0.1) is 0 Å². The number of rotatable bonds is 6. The Morgan fingerprint density at radius 1 is 1.21 bits per heavy atom. The van der Waals surface area contributed by atoms with Crippen LogP contribution < -0.4 is 10.1 Å². The number of benzene rings is 2. The van der Waals surface area contributed by atoms with Crippen LogP contribution in [0.4, 0.5) is 4.39 Å². The highest BCUT2D eigenvalue weighted by Crippen LogP contribution is 2.38. The smallest absolute Gasteiger partial charge is 0.240 e. The van der Waals surface area contributed by atoms with Gasteiger partial charge in [0, 0.05) is 37.8 Å². The van der Waals surface area contributed by atoms with Crippen LogP contribution in [-0.4, -0.2) is 39.6 Å². The van der Waals surface area contributed by atoms with E-state index < -0.39 is 0 Å². The molecule has 0 bridgehead atoms. The topological polar surface area (TPSA) is 83.2 Å². The van der Waals surface area contributed by atoms with Gasteiger partial charge in [0.15, 0.2) is 0 Å². The lowest BCUT2D eigenvalue weighted by atomic mass is 9.99. The first-order valence-corrected chi connectivity index (χ1v) is 11.1. The standard InChI is InChI=1S/C25H24FN5O2/c26-19-5-6-24-21(11-19)23(8-10-33-24)31-9-7-22(25(31)32)29-14-20-13-28-16-30(20)15-18-3-1-17(12-27)2-4-18/h1-6,11,13,16,22-23,29H,7-10,14-15H2. The van der Waals surface area contributed by atoms with Crippen molar-refractivity contribution >= 4 is 5.91 Å². The highest BCUT2D eigenvalue weighted by atomic mass is 19.1. The summed E-state index contributed by atoms with van der Waals surface area (Å²) < 4.78 is 21.5. The number of halogens is 1. The summed E-state index contributed by atoms with van der Waals surface area (Å²) in [5, 5.41) is 12.3. The minimum atomic E-state index is -0.318. The van der Waals surface area contributed by atoms with E-state index in [1.807, 2.05) is 21.6 Å². The Hall–Kier alpha value is -3.70. The van der Waals surface area contributed by atoms with E-state index >= 15 is 0 Å². The molecule has 1 fully saturated rings. The van der Waals surface area contributed by atoms with E-state index in [1.165, 1.54) is 12.1 Å². The van der Waals surface area contributed by atoms with E-state index in [2.05, 4.69) is 16.4 Å². The summed E-state index contributed by atoms with van der Waals surface area (Å²) in [6, 6.07) is 13.7. The molecule has 2 aliphatic heterocycles. The molecule has 5 rings (SSSR count). The van der Waals surface area contributed by atoms with Gasteiger partial charge >= 0.3 is 0 Å². The van der Waals surface area contributed by atoms with Crippen molar-refractivity contribution in [2.24, 2.45) is 0 Å². The largest absolute Gasteiger partial charge is 0.493 e. The molecule has 1 aromatic heterocycles.